The van der Waals surface area contributed by atoms with Crippen molar-refractivity contribution in [3.63, 3.8) is 0 Å². The number of anilines is 1. The molecule has 2 aromatic rings. The molecule has 0 aliphatic carbocycles. The summed E-state index contributed by atoms with van der Waals surface area (Å²) in [4.78, 5) is 9.39. The first-order chi connectivity index (χ1) is 15.2. The van der Waals surface area contributed by atoms with Crippen molar-refractivity contribution < 1.29 is 0 Å². The third kappa shape index (κ3) is 5.67. The second-order valence-corrected chi connectivity index (χ2v) is 8.51. The van der Waals surface area contributed by atoms with Crippen LogP contribution in [0.1, 0.15) is 36.9 Å². The van der Waals surface area contributed by atoms with Gasteiger partial charge < -0.3 is 15.5 Å². The van der Waals surface area contributed by atoms with Crippen LogP contribution in [0.4, 0.5) is 5.69 Å². The molecule has 2 heterocycles. The summed E-state index contributed by atoms with van der Waals surface area (Å²) in [5.74, 6) is 0.891. The molecule has 0 radical (unpaired) electrons. The molecule has 1 atom stereocenters. The Labute approximate surface area is 186 Å². The minimum Gasteiger partial charge on any atom is -0.364 e. The first kappa shape index (κ1) is 21.4. The lowest BCUT2D eigenvalue weighted by Crippen LogP contribution is -2.48. The van der Waals surface area contributed by atoms with Gasteiger partial charge in [0.1, 0.15) is 0 Å². The number of hydrogen-bond acceptors (Lipinski definition) is 3. The summed E-state index contributed by atoms with van der Waals surface area (Å²) in [6.45, 7) is 7.33. The fourth-order valence-corrected chi connectivity index (χ4v) is 4.46. The van der Waals surface area contributed by atoms with Crippen molar-refractivity contribution >= 4 is 11.6 Å². The summed E-state index contributed by atoms with van der Waals surface area (Å²) in [7, 11) is 1.85. The number of nitrogens with one attached hydrogen (secondary N) is 2. The first-order valence-corrected chi connectivity index (χ1v) is 11.5. The molecule has 164 valence electrons. The van der Waals surface area contributed by atoms with Crippen LogP contribution in [0.3, 0.4) is 0 Å². The SMILES string of the molecule is CN=C(NCc1ccc(N2CC=CC2)cc1)NC1CCN(C(C)c2ccccc2)CC1. The average Bonchev–Trinajstić information content (AvgIpc) is 3.38. The van der Waals surface area contributed by atoms with E-state index in [9.17, 15) is 0 Å². The molecule has 1 fully saturated rings. The highest BCUT2D eigenvalue weighted by atomic mass is 15.2. The smallest absolute Gasteiger partial charge is 0.191 e. The highest BCUT2D eigenvalue weighted by Crippen LogP contribution is 2.24. The van der Waals surface area contributed by atoms with E-state index in [0.29, 0.717) is 12.1 Å². The Kier molecular flexibility index (Phi) is 7.26. The fourth-order valence-electron chi connectivity index (χ4n) is 4.46. The van der Waals surface area contributed by atoms with Crippen molar-refractivity contribution in [1.29, 1.82) is 0 Å². The van der Waals surface area contributed by atoms with Crippen LogP contribution in [0.15, 0.2) is 71.7 Å². The predicted octanol–water partition coefficient (Wildman–Crippen LogP) is 3.95. The van der Waals surface area contributed by atoms with Gasteiger partial charge >= 0.3 is 0 Å². The zero-order chi connectivity index (χ0) is 21.5. The minimum atomic E-state index is 0.468. The molecule has 2 aliphatic rings. The summed E-state index contributed by atoms with van der Waals surface area (Å²) in [5.41, 5.74) is 3.96. The maximum Gasteiger partial charge on any atom is 0.191 e. The van der Waals surface area contributed by atoms with Crippen molar-refractivity contribution in [3.8, 4) is 0 Å². The third-order valence-corrected chi connectivity index (χ3v) is 6.50. The monoisotopic (exact) mass is 417 g/mol. The topological polar surface area (TPSA) is 42.9 Å². The standard InChI is InChI=1S/C26H35N5/c1-21(23-8-4-3-5-9-23)30-18-14-24(15-19-30)29-26(27-2)28-20-22-10-12-25(13-11-22)31-16-6-7-17-31/h3-13,21,24H,14-20H2,1-2H3,(H2,27,28,29). The van der Waals surface area contributed by atoms with E-state index in [1.807, 2.05) is 7.05 Å². The number of hydrogen-bond donors (Lipinski definition) is 2. The van der Waals surface area contributed by atoms with Gasteiger partial charge in [-0.15, -0.1) is 0 Å². The van der Waals surface area contributed by atoms with Crippen LogP contribution < -0.4 is 15.5 Å². The Morgan fingerprint density at radius 1 is 1.00 bits per heavy atom. The Morgan fingerprint density at radius 3 is 2.32 bits per heavy atom. The van der Waals surface area contributed by atoms with Crippen LogP contribution in [-0.4, -0.2) is 50.1 Å². The maximum absolute atomic E-state index is 4.44. The highest BCUT2D eigenvalue weighted by molar-refractivity contribution is 5.80. The van der Waals surface area contributed by atoms with Gasteiger partial charge in [0, 0.05) is 57.5 Å². The summed E-state index contributed by atoms with van der Waals surface area (Å²) in [6, 6.07) is 20.6. The van der Waals surface area contributed by atoms with Gasteiger partial charge in [-0.05, 0) is 43.0 Å². The molecule has 0 amide bonds. The van der Waals surface area contributed by atoms with Crippen LogP contribution in [0.2, 0.25) is 0 Å². The van der Waals surface area contributed by atoms with Gasteiger partial charge in [0.05, 0.1) is 0 Å². The molecule has 0 bridgehead atoms. The van der Waals surface area contributed by atoms with Crippen molar-refractivity contribution in [2.24, 2.45) is 4.99 Å². The van der Waals surface area contributed by atoms with E-state index < -0.39 is 0 Å². The zero-order valence-corrected chi connectivity index (χ0v) is 18.8. The lowest BCUT2D eigenvalue weighted by Gasteiger charge is -2.37. The van der Waals surface area contributed by atoms with Crippen LogP contribution in [0, 0.1) is 0 Å². The van der Waals surface area contributed by atoms with E-state index >= 15 is 0 Å². The molecule has 0 aromatic heterocycles. The van der Waals surface area contributed by atoms with Gasteiger partial charge in [-0.1, -0.05) is 54.6 Å². The van der Waals surface area contributed by atoms with Gasteiger partial charge in [-0.2, -0.15) is 0 Å². The number of piperidine rings is 1. The molecule has 4 rings (SSSR count). The molecule has 2 N–H and O–H groups in total. The van der Waals surface area contributed by atoms with E-state index in [-0.39, 0.29) is 0 Å². The van der Waals surface area contributed by atoms with E-state index in [2.05, 4.69) is 99.1 Å². The number of nitrogens with zero attached hydrogens (tertiary/aromatic N) is 3. The summed E-state index contributed by atoms with van der Waals surface area (Å²) < 4.78 is 0. The number of likely N-dealkylation sites (tertiary alicyclic amines) is 1. The molecule has 0 saturated carbocycles. The Morgan fingerprint density at radius 2 is 1.68 bits per heavy atom. The fraction of sp³-hybridized carbons (Fsp3) is 0.423. The summed E-state index contributed by atoms with van der Waals surface area (Å²) in [5, 5.41) is 7.11. The van der Waals surface area contributed by atoms with E-state index in [1.165, 1.54) is 16.8 Å². The third-order valence-electron chi connectivity index (χ3n) is 6.50. The molecule has 31 heavy (non-hydrogen) atoms. The van der Waals surface area contributed by atoms with Gasteiger partial charge in [0.15, 0.2) is 5.96 Å². The molecule has 2 aliphatic heterocycles. The van der Waals surface area contributed by atoms with Crippen molar-refractivity contribution in [1.82, 2.24) is 15.5 Å². The molecule has 2 aromatic carbocycles. The predicted molar refractivity (Wildman–Crippen MR) is 131 cm³/mol. The van der Waals surface area contributed by atoms with E-state index in [1.54, 1.807) is 0 Å². The van der Waals surface area contributed by atoms with Crippen LogP contribution in [0.25, 0.3) is 0 Å². The van der Waals surface area contributed by atoms with E-state index in [0.717, 1.165) is 51.5 Å². The summed E-state index contributed by atoms with van der Waals surface area (Å²) >= 11 is 0. The molecule has 1 saturated heterocycles. The van der Waals surface area contributed by atoms with Crippen molar-refractivity contribution in [2.45, 2.75) is 38.4 Å². The average molecular weight is 418 g/mol. The lowest BCUT2D eigenvalue weighted by atomic mass is 10.0. The molecular formula is C26H35N5. The normalized spacial score (nSPS) is 18.9. The van der Waals surface area contributed by atoms with Crippen LogP contribution in [-0.2, 0) is 6.54 Å². The number of rotatable bonds is 6. The number of aliphatic imine (C=N–C) groups is 1. The maximum atomic E-state index is 4.44. The van der Waals surface area contributed by atoms with Crippen LogP contribution >= 0.6 is 0 Å². The van der Waals surface area contributed by atoms with Crippen LogP contribution in [0.5, 0.6) is 0 Å². The zero-order valence-electron chi connectivity index (χ0n) is 18.8. The molecule has 1 unspecified atom stereocenters. The van der Waals surface area contributed by atoms with Gasteiger partial charge in [-0.3, -0.25) is 9.89 Å². The van der Waals surface area contributed by atoms with E-state index in [4.69, 9.17) is 0 Å². The summed E-state index contributed by atoms with van der Waals surface area (Å²) in [6.07, 6.45) is 6.71. The largest absolute Gasteiger partial charge is 0.364 e. The Bertz CT molecular complexity index is 858. The van der Waals surface area contributed by atoms with Gasteiger partial charge in [-0.25, -0.2) is 0 Å². The quantitative estimate of drug-likeness (QED) is 0.424. The second-order valence-electron chi connectivity index (χ2n) is 8.51. The molecule has 5 heteroatoms. The van der Waals surface area contributed by atoms with Crippen molar-refractivity contribution in [2.75, 3.05) is 38.1 Å². The molecule has 0 spiro atoms. The molecular weight excluding hydrogens is 382 g/mol. The molecule has 5 nitrogen and oxygen atoms in total. The second kappa shape index (κ2) is 10.5. The Hall–Kier alpha value is -2.79. The first-order valence-electron chi connectivity index (χ1n) is 11.5. The highest BCUT2D eigenvalue weighted by Gasteiger charge is 2.24. The van der Waals surface area contributed by atoms with Crippen molar-refractivity contribution in [3.05, 3.63) is 77.9 Å². The minimum absolute atomic E-state index is 0.468. The number of benzene rings is 2. The number of guanidine groups is 1. The van der Waals surface area contributed by atoms with Gasteiger partial charge in [0.25, 0.3) is 0 Å². The Balaban J connectivity index is 1.22. The van der Waals surface area contributed by atoms with Gasteiger partial charge in [0.2, 0.25) is 0 Å². The lowest BCUT2D eigenvalue weighted by molar-refractivity contribution is 0.158.